The van der Waals surface area contributed by atoms with Crippen LogP contribution in [0.3, 0.4) is 0 Å². The van der Waals surface area contributed by atoms with Crippen molar-refractivity contribution in [2.45, 2.75) is 32.7 Å². The van der Waals surface area contributed by atoms with E-state index >= 15 is 0 Å². The first-order valence-corrected chi connectivity index (χ1v) is 6.96. The van der Waals surface area contributed by atoms with Crippen LogP contribution in [-0.4, -0.2) is 24.5 Å². The number of primary amides is 1. The quantitative estimate of drug-likeness (QED) is 0.670. The van der Waals surface area contributed by atoms with Gasteiger partial charge in [0, 0.05) is 0 Å². The summed E-state index contributed by atoms with van der Waals surface area (Å²) in [5.41, 5.74) is 11.4. The molecular formula is C15H23N3O3. The van der Waals surface area contributed by atoms with Crippen molar-refractivity contribution < 1.29 is 14.3 Å². The third-order valence-electron chi connectivity index (χ3n) is 2.81. The molecule has 1 aromatic rings. The molecule has 0 aliphatic heterocycles. The Labute approximate surface area is 124 Å². The lowest BCUT2D eigenvalue weighted by Crippen LogP contribution is -2.36. The number of ether oxygens (including phenoxy) is 1. The van der Waals surface area contributed by atoms with Crippen molar-refractivity contribution in [1.82, 2.24) is 0 Å². The first-order valence-electron chi connectivity index (χ1n) is 6.96. The van der Waals surface area contributed by atoms with Crippen LogP contribution in [0.15, 0.2) is 24.3 Å². The minimum Gasteiger partial charge on any atom is -0.491 e. The number of amides is 2. The van der Waals surface area contributed by atoms with Gasteiger partial charge in [-0.1, -0.05) is 26.0 Å². The van der Waals surface area contributed by atoms with Gasteiger partial charge in [0.15, 0.2) is 0 Å². The van der Waals surface area contributed by atoms with Crippen LogP contribution < -0.4 is 21.5 Å². The third kappa shape index (κ3) is 6.27. The molecule has 6 heteroatoms. The smallest absolute Gasteiger partial charge is 0.241 e. The van der Waals surface area contributed by atoms with Gasteiger partial charge in [-0.25, -0.2) is 0 Å². The van der Waals surface area contributed by atoms with Crippen LogP contribution in [0.25, 0.3) is 0 Å². The maximum Gasteiger partial charge on any atom is 0.241 e. The number of nitrogens with two attached hydrogens (primary N) is 2. The van der Waals surface area contributed by atoms with Gasteiger partial charge in [-0.3, -0.25) is 9.59 Å². The van der Waals surface area contributed by atoms with Gasteiger partial charge in [0.2, 0.25) is 11.8 Å². The number of carbonyl (C=O) groups excluding carboxylic acids is 2. The van der Waals surface area contributed by atoms with E-state index in [-0.39, 0.29) is 18.9 Å². The lowest BCUT2D eigenvalue weighted by molar-refractivity contribution is -0.119. The highest BCUT2D eigenvalue weighted by Crippen LogP contribution is 2.24. The van der Waals surface area contributed by atoms with E-state index in [0.717, 1.165) is 0 Å². The molecular weight excluding hydrogens is 270 g/mol. The van der Waals surface area contributed by atoms with Gasteiger partial charge in [0.1, 0.15) is 5.75 Å². The molecule has 1 atom stereocenters. The monoisotopic (exact) mass is 293 g/mol. The molecule has 0 aliphatic rings. The van der Waals surface area contributed by atoms with Gasteiger partial charge < -0.3 is 21.5 Å². The summed E-state index contributed by atoms with van der Waals surface area (Å²) < 4.78 is 5.45. The van der Waals surface area contributed by atoms with Crippen molar-refractivity contribution in [2.24, 2.45) is 17.4 Å². The summed E-state index contributed by atoms with van der Waals surface area (Å²) in [5.74, 6) is 0.141. The van der Waals surface area contributed by atoms with Crippen LogP contribution >= 0.6 is 0 Å². The molecule has 0 radical (unpaired) electrons. The highest BCUT2D eigenvalue weighted by Gasteiger charge is 2.16. The number of anilines is 1. The standard InChI is InChI=1S/C15H23N3O3/c1-10(2)9-11(16)15(20)18-12-5-3-4-6-13(12)21-8-7-14(17)19/h3-6,10-11H,7-9,16H2,1-2H3,(H2,17,19)(H,18,20). The molecule has 0 bridgehead atoms. The first kappa shape index (κ1) is 17.0. The molecule has 0 aromatic heterocycles. The fraction of sp³-hybridized carbons (Fsp3) is 0.467. The van der Waals surface area contributed by atoms with Crippen LogP contribution in [0.4, 0.5) is 5.69 Å². The average molecular weight is 293 g/mol. The second-order valence-electron chi connectivity index (χ2n) is 5.29. The predicted octanol–water partition coefficient (Wildman–Crippen LogP) is 1.25. The van der Waals surface area contributed by atoms with E-state index < -0.39 is 11.9 Å². The van der Waals surface area contributed by atoms with Gasteiger partial charge in [-0.2, -0.15) is 0 Å². The van der Waals surface area contributed by atoms with Crippen molar-refractivity contribution in [1.29, 1.82) is 0 Å². The van der Waals surface area contributed by atoms with Crippen LogP contribution in [0.2, 0.25) is 0 Å². The molecule has 1 aromatic carbocycles. The molecule has 0 spiro atoms. The van der Waals surface area contributed by atoms with Crippen LogP contribution in [0, 0.1) is 5.92 Å². The summed E-state index contributed by atoms with van der Waals surface area (Å²) in [6, 6.07) is 6.43. The van der Waals surface area contributed by atoms with Crippen molar-refractivity contribution in [2.75, 3.05) is 11.9 Å². The molecule has 0 saturated heterocycles. The minimum absolute atomic E-state index is 0.120. The summed E-state index contributed by atoms with van der Waals surface area (Å²) in [7, 11) is 0. The number of benzene rings is 1. The van der Waals surface area contributed by atoms with E-state index in [0.29, 0.717) is 23.8 Å². The molecule has 1 unspecified atom stereocenters. The number of hydrogen-bond donors (Lipinski definition) is 3. The molecule has 5 N–H and O–H groups in total. The van der Waals surface area contributed by atoms with Crippen LogP contribution in [0.5, 0.6) is 5.75 Å². The van der Waals surface area contributed by atoms with Crippen molar-refractivity contribution >= 4 is 17.5 Å². The molecule has 21 heavy (non-hydrogen) atoms. The highest BCUT2D eigenvalue weighted by atomic mass is 16.5. The Morgan fingerprint density at radius 3 is 2.57 bits per heavy atom. The van der Waals surface area contributed by atoms with Gasteiger partial charge in [0.05, 0.1) is 24.8 Å². The highest BCUT2D eigenvalue weighted by molar-refractivity contribution is 5.95. The molecule has 0 heterocycles. The number of para-hydroxylation sites is 2. The summed E-state index contributed by atoms with van der Waals surface area (Å²) >= 11 is 0. The van der Waals surface area contributed by atoms with Gasteiger partial charge in [-0.15, -0.1) is 0 Å². The van der Waals surface area contributed by atoms with E-state index in [4.69, 9.17) is 16.2 Å². The SMILES string of the molecule is CC(C)CC(N)C(=O)Nc1ccccc1OCCC(N)=O. The molecule has 0 saturated carbocycles. The Hall–Kier alpha value is -2.08. The number of hydrogen-bond acceptors (Lipinski definition) is 4. The number of rotatable bonds is 8. The second-order valence-corrected chi connectivity index (χ2v) is 5.29. The van der Waals surface area contributed by atoms with Gasteiger partial charge >= 0.3 is 0 Å². The lowest BCUT2D eigenvalue weighted by atomic mass is 10.0. The predicted molar refractivity (Wildman–Crippen MR) is 81.8 cm³/mol. The van der Waals surface area contributed by atoms with Crippen molar-refractivity contribution in [3.05, 3.63) is 24.3 Å². The minimum atomic E-state index is -0.566. The molecule has 1 rings (SSSR count). The summed E-state index contributed by atoms with van der Waals surface area (Å²) in [6.07, 6.45) is 0.728. The van der Waals surface area contributed by atoms with Gasteiger partial charge in [-0.05, 0) is 24.5 Å². The Balaban J connectivity index is 2.65. The van der Waals surface area contributed by atoms with E-state index in [9.17, 15) is 9.59 Å². The van der Waals surface area contributed by atoms with E-state index in [1.165, 1.54) is 0 Å². The Bertz CT molecular complexity index is 489. The average Bonchev–Trinajstić information content (AvgIpc) is 2.39. The molecule has 0 aliphatic carbocycles. The Morgan fingerprint density at radius 2 is 1.95 bits per heavy atom. The van der Waals surface area contributed by atoms with Crippen molar-refractivity contribution in [3.63, 3.8) is 0 Å². The summed E-state index contributed by atoms with van der Waals surface area (Å²) in [6.45, 7) is 4.18. The van der Waals surface area contributed by atoms with Crippen LogP contribution in [-0.2, 0) is 9.59 Å². The largest absolute Gasteiger partial charge is 0.491 e. The Kier molecular flexibility index (Phi) is 6.68. The maximum absolute atomic E-state index is 12.0. The first-order chi connectivity index (χ1) is 9.90. The van der Waals surface area contributed by atoms with Gasteiger partial charge in [0.25, 0.3) is 0 Å². The number of nitrogens with one attached hydrogen (secondary N) is 1. The number of carbonyl (C=O) groups is 2. The third-order valence-corrected chi connectivity index (χ3v) is 2.81. The molecule has 0 fully saturated rings. The molecule has 6 nitrogen and oxygen atoms in total. The maximum atomic E-state index is 12.0. The molecule has 2 amide bonds. The topological polar surface area (TPSA) is 107 Å². The molecule has 116 valence electrons. The summed E-state index contributed by atoms with van der Waals surface area (Å²) in [4.78, 5) is 22.7. The fourth-order valence-corrected chi connectivity index (χ4v) is 1.80. The van der Waals surface area contributed by atoms with Crippen molar-refractivity contribution in [3.8, 4) is 5.75 Å². The fourth-order valence-electron chi connectivity index (χ4n) is 1.80. The van der Waals surface area contributed by atoms with Crippen LogP contribution in [0.1, 0.15) is 26.7 Å². The van der Waals surface area contributed by atoms with E-state index in [1.807, 2.05) is 13.8 Å². The lowest BCUT2D eigenvalue weighted by Gasteiger charge is -2.16. The Morgan fingerprint density at radius 1 is 1.29 bits per heavy atom. The van der Waals surface area contributed by atoms with E-state index in [1.54, 1.807) is 24.3 Å². The van der Waals surface area contributed by atoms with E-state index in [2.05, 4.69) is 5.32 Å². The normalized spacial score (nSPS) is 12.0. The zero-order chi connectivity index (χ0) is 15.8. The summed E-state index contributed by atoms with van der Waals surface area (Å²) in [5, 5.41) is 2.75. The zero-order valence-corrected chi connectivity index (χ0v) is 12.5. The zero-order valence-electron chi connectivity index (χ0n) is 12.5. The second kappa shape index (κ2) is 8.26.